The Bertz CT molecular complexity index is 777. The zero-order valence-corrected chi connectivity index (χ0v) is 14.1. The Labute approximate surface area is 134 Å². The SMILES string of the molecule is CN(c1ccccc1C#N)S(=O)(=O)c1cc(Cl)c(Br)s1. The van der Waals surface area contributed by atoms with Crippen LogP contribution in [0.3, 0.4) is 0 Å². The van der Waals surface area contributed by atoms with Gasteiger partial charge in [-0.1, -0.05) is 23.7 Å². The zero-order chi connectivity index (χ0) is 14.9. The van der Waals surface area contributed by atoms with Crippen molar-refractivity contribution in [3.05, 3.63) is 44.7 Å². The highest BCUT2D eigenvalue weighted by Crippen LogP contribution is 2.37. The van der Waals surface area contributed by atoms with Crippen molar-refractivity contribution in [1.82, 2.24) is 0 Å². The van der Waals surface area contributed by atoms with Crippen LogP contribution in [0.2, 0.25) is 5.02 Å². The minimum Gasteiger partial charge on any atom is -0.267 e. The molecule has 0 atom stereocenters. The Morgan fingerprint density at radius 1 is 1.40 bits per heavy atom. The lowest BCUT2D eigenvalue weighted by atomic mass is 10.2. The molecule has 104 valence electrons. The summed E-state index contributed by atoms with van der Waals surface area (Å²) in [4.78, 5) is 0. The molecule has 2 rings (SSSR count). The molecule has 0 aliphatic carbocycles. The lowest BCUT2D eigenvalue weighted by Gasteiger charge is -2.19. The van der Waals surface area contributed by atoms with E-state index in [4.69, 9.17) is 16.9 Å². The minimum atomic E-state index is -3.74. The molecule has 0 aliphatic heterocycles. The van der Waals surface area contributed by atoms with Gasteiger partial charge in [-0.15, -0.1) is 11.3 Å². The van der Waals surface area contributed by atoms with Crippen LogP contribution in [0.15, 0.2) is 38.3 Å². The average Bonchev–Trinajstić information content (AvgIpc) is 2.78. The van der Waals surface area contributed by atoms with Gasteiger partial charge in [0.15, 0.2) is 0 Å². The molecule has 0 bridgehead atoms. The van der Waals surface area contributed by atoms with E-state index in [1.54, 1.807) is 24.3 Å². The van der Waals surface area contributed by atoms with Crippen LogP contribution < -0.4 is 4.31 Å². The molecule has 0 fully saturated rings. The Balaban J connectivity index is 2.52. The van der Waals surface area contributed by atoms with Crippen molar-refractivity contribution in [3.8, 4) is 6.07 Å². The first-order valence-corrected chi connectivity index (χ1v) is 8.73. The van der Waals surface area contributed by atoms with Crippen LogP contribution in [0, 0.1) is 11.3 Å². The predicted octanol–water partition coefficient (Wildman–Crippen LogP) is 3.86. The largest absolute Gasteiger partial charge is 0.273 e. The molecule has 0 radical (unpaired) electrons. The number of thiophene rings is 1. The number of anilines is 1. The number of hydrogen-bond donors (Lipinski definition) is 0. The van der Waals surface area contributed by atoms with Crippen molar-refractivity contribution >= 4 is 54.6 Å². The molecule has 0 N–H and O–H groups in total. The first-order chi connectivity index (χ1) is 9.37. The molecule has 0 aliphatic rings. The van der Waals surface area contributed by atoms with Crippen molar-refractivity contribution in [2.45, 2.75) is 4.21 Å². The number of hydrogen-bond acceptors (Lipinski definition) is 4. The number of nitriles is 1. The molecule has 1 aromatic carbocycles. The molecule has 1 aromatic heterocycles. The van der Waals surface area contributed by atoms with Gasteiger partial charge in [-0.05, 0) is 34.1 Å². The van der Waals surface area contributed by atoms with Crippen molar-refractivity contribution in [3.63, 3.8) is 0 Å². The van der Waals surface area contributed by atoms with Crippen molar-refractivity contribution < 1.29 is 8.42 Å². The van der Waals surface area contributed by atoms with Gasteiger partial charge < -0.3 is 0 Å². The quantitative estimate of drug-likeness (QED) is 0.798. The normalized spacial score (nSPS) is 11.1. The Morgan fingerprint density at radius 2 is 2.05 bits per heavy atom. The number of nitrogens with zero attached hydrogens (tertiary/aromatic N) is 2. The molecule has 0 saturated carbocycles. The third-order valence-corrected chi connectivity index (χ3v) is 7.30. The smallest absolute Gasteiger partial charge is 0.267 e. The zero-order valence-electron chi connectivity index (χ0n) is 10.2. The summed E-state index contributed by atoms with van der Waals surface area (Å²) in [6.45, 7) is 0. The maximum absolute atomic E-state index is 12.5. The Hall–Kier alpha value is -1.07. The molecule has 20 heavy (non-hydrogen) atoms. The molecule has 0 unspecified atom stereocenters. The standard InChI is InChI=1S/C12H8BrClN2O2S2/c1-16(10-5-3-2-4-8(10)7-15)20(17,18)11-6-9(14)12(13)19-11/h2-6H,1H3. The van der Waals surface area contributed by atoms with E-state index < -0.39 is 10.0 Å². The van der Waals surface area contributed by atoms with E-state index >= 15 is 0 Å². The number of para-hydroxylation sites is 1. The van der Waals surface area contributed by atoms with Gasteiger partial charge in [0.1, 0.15) is 10.3 Å². The van der Waals surface area contributed by atoms with Crippen LogP contribution >= 0.6 is 38.9 Å². The summed E-state index contributed by atoms with van der Waals surface area (Å²) < 4.78 is 26.8. The van der Waals surface area contributed by atoms with Gasteiger partial charge in [0.25, 0.3) is 10.0 Å². The second kappa shape index (κ2) is 5.74. The molecule has 1 heterocycles. The van der Waals surface area contributed by atoms with Crippen LogP contribution in [-0.4, -0.2) is 15.5 Å². The topological polar surface area (TPSA) is 61.2 Å². The summed E-state index contributed by atoms with van der Waals surface area (Å²) in [6.07, 6.45) is 0. The van der Waals surface area contributed by atoms with Crippen LogP contribution in [0.5, 0.6) is 0 Å². The summed E-state index contributed by atoms with van der Waals surface area (Å²) in [7, 11) is -2.33. The predicted molar refractivity (Wildman–Crippen MR) is 83.8 cm³/mol. The van der Waals surface area contributed by atoms with Gasteiger partial charge in [-0.3, -0.25) is 4.31 Å². The van der Waals surface area contributed by atoms with Gasteiger partial charge in [0.05, 0.1) is 20.1 Å². The van der Waals surface area contributed by atoms with Crippen LogP contribution in [-0.2, 0) is 10.0 Å². The molecule has 2 aromatic rings. The number of rotatable bonds is 3. The maximum atomic E-state index is 12.5. The average molecular weight is 392 g/mol. The van der Waals surface area contributed by atoms with Gasteiger partial charge in [0, 0.05) is 7.05 Å². The van der Waals surface area contributed by atoms with E-state index in [2.05, 4.69) is 15.9 Å². The number of sulfonamides is 1. The van der Waals surface area contributed by atoms with Gasteiger partial charge in [-0.2, -0.15) is 5.26 Å². The van der Waals surface area contributed by atoms with Gasteiger partial charge >= 0.3 is 0 Å². The fourth-order valence-corrected chi connectivity index (χ4v) is 5.35. The molecule has 0 saturated heterocycles. The lowest BCUT2D eigenvalue weighted by Crippen LogP contribution is -2.26. The Morgan fingerprint density at radius 3 is 2.60 bits per heavy atom. The van der Waals surface area contributed by atoms with E-state index in [0.717, 1.165) is 15.6 Å². The van der Waals surface area contributed by atoms with E-state index in [0.29, 0.717) is 20.1 Å². The highest BCUT2D eigenvalue weighted by molar-refractivity contribution is 9.11. The monoisotopic (exact) mass is 390 g/mol. The highest BCUT2D eigenvalue weighted by Gasteiger charge is 2.26. The van der Waals surface area contributed by atoms with Crippen LogP contribution in [0.4, 0.5) is 5.69 Å². The molecule has 0 spiro atoms. The summed E-state index contributed by atoms with van der Waals surface area (Å²) in [5.74, 6) is 0. The van der Waals surface area contributed by atoms with Crippen molar-refractivity contribution in [2.24, 2.45) is 0 Å². The summed E-state index contributed by atoms with van der Waals surface area (Å²) in [5.41, 5.74) is 0.621. The summed E-state index contributed by atoms with van der Waals surface area (Å²) >= 11 is 10.1. The molecule has 8 heteroatoms. The molecule has 0 amide bonds. The summed E-state index contributed by atoms with van der Waals surface area (Å²) in [5, 5.41) is 9.40. The highest BCUT2D eigenvalue weighted by atomic mass is 79.9. The maximum Gasteiger partial charge on any atom is 0.273 e. The van der Waals surface area contributed by atoms with Gasteiger partial charge in [0.2, 0.25) is 0 Å². The first kappa shape index (κ1) is 15.3. The van der Waals surface area contributed by atoms with Crippen molar-refractivity contribution in [1.29, 1.82) is 5.26 Å². The third kappa shape index (κ3) is 2.69. The second-order valence-corrected chi connectivity index (χ2v) is 8.76. The lowest BCUT2D eigenvalue weighted by molar-refractivity contribution is 0.596. The van der Waals surface area contributed by atoms with E-state index in [1.807, 2.05) is 6.07 Å². The van der Waals surface area contributed by atoms with Gasteiger partial charge in [-0.25, -0.2) is 8.42 Å². The van der Waals surface area contributed by atoms with E-state index in [1.165, 1.54) is 13.1 Å². The van der Waals surface area contributed by atoms with E-state index in [-0.39, 0.29) is 4.21 Å². The number of benzene rings is 1. The minimum absolute atomic E-state index is 0.115. The molecular formula is C12H8BrClN2O2S2. The molecule has 4 nitrogen and oxygen atoms in total. The second-order valence-electron chi connectivity index (χ2n) is 3.79. The fourth-order valence-electron chi connectivity index (χ4n) is 1.56. The van der Waals surface area contributed by atoms with Crippen LogP contribution in [0.1, 0.15) is 5.56 Å². The molecular weight excluding hydrogens is 384 g/mol. The van der Waals surface area contributed by atoms with Crippen molar-refractivity contribution in [2.75, 3.05) is 11.4 Å². The third-order valence-electron chi connectivity index (χ3n) is 2.60. The van der Waals surface area contributed by atoms with Crippen LogP contribution in [0.25, 0.3) is 0 Å². The fraction of sp³-hybridized carbons (Fsp3) is 0.0833. The summed E-state index contributed by atoms with van der Waals surface area (Å²) in [6, 6.07) is 9.88. The Kier molecular flexibility index (Phi) is 4.39. The van der Waals surface area contributed by atoms with E-state index in [9.17, 15) is 8.42 Å². The first-order valence-electron chi connectivity index (χ1n) is 5.31. The number of halogens is 2.